The number of halogens is 1. The Balaban J connectivity index is 1.74. The van der Waals surface area contributed by atoms with Crippen LogP contribution in [0.4, 0.5) is 4.39 Å². The van der Waals surface area contributed by atoms with Gasteiger partial charge >= 0.3 is 0 Å². The van der Waals surface area contributed by atoms with Crippen molar-refractivity contribution in [3.63, 3.8) is 0 Å². The van der Waals surface area contributed by atoms with Gasteiger partial charge in [0.2, 0.25) is 5.91 Å². The second-order valence-corrected chi connectivity index (χ2v) is 4.41. The first-order valence-electron chi connectivity index (χ1n) is 6.25. The lowest BCUT2D eigenvalue weighted by Crippen LogP contribution is -2.27. The minimum absolute atomic E-state index is 0.0393. The highest BCUT2D eigenvalue weighted by Gasteiger charge is 2.10. The molecule has 0 atom stereocenters. The molecule has 0 aliphatic heterocycles. The van der Waals surface area contributed by atoms with Gasteiger partial charge in [0.25, 0.3) is 0 Å². The summed E-state index contributed by atoms with van der Waals surface area (Å²) in [5, 5.41) is 6.52. The van der Waals surface area contributed by atoms with Crippen molar-refractivity contribution in [2.24, 2.45) is 0 Å². The Hall–Kier alpha value is -2.37. The number of nitrogens with zero attached hydrogens (tertiary/aromatic N) is 2. The highest BCUT2D eigenvalue weighted by molar-refractivity contribution is 5.75. The van der Waals surface area contributed by atoms with Gasteiger partial charge in [-0.3, -0.25) is 9.89 Å². The lowest BCUT2D eigenvalue weighted by molar-refractivity contribution is -0.130. The molecule has 0 saturated carbocycles. The van der Waals surface area contributed by atoms with Gasteiger partial charge in [0.05, 0.1) is 19.2 Å². The molecule has 1 N–H and O–H groups in total. The lowest BCUT2D eigenvalue weighted by Gasteiger charge is -2.16. The van der Waals surface area contributed by atoms with Gasteiger partial charge in [-0.25, -0.2) is 4.39 Å². The topological polar surface area (TPSA) is 58.2 Å². The molecule has 0 saturated heterocycles. The van der Waals surface area contributed by atoms with Crippen molar-refractivity contribution in [1.29, 1.82) is 0 Å². The Morgan fingerprint density at radius 3 is 3.05 bits per heavy atom. The fraction of sp³-hybridized carbons (Fsp3) is 0.286. The number of carbonyl (C=O) groups is 1. The SMILES string of the molecule is CN(Cc1cn[nH]c1)C(=O)CCOc1cccc(F)c1. The largest absolute Gasteiger partial charge is 0.493 e. The Bertz CT molecular complexity index is 557. The lowest BCUT2D eigenvalue weighted by atomic mass is 10.3. The van der Waals surface area contributed by atoms with E-state index in [4.69, 9.17) is 4.74 Å². The maximum absolute atomic E-state index is 12.9. The molecule has 0 fully saturated rings. The van der Waals surface area contributed by atoms with Crippen LogP contribution in [0, 0.1) is 5.82 Å². The molecule has 2 rings (SSSR count). The van der Waals surface area contributed by atoms with Crippen LogP contribution >= 0.6 is 0 Å². The summed E-state index contributed by atoms with van der Waals surface area (Å²) < 4.78 is 18.3. The number of aromatic nitrogens is 2. The molecule has 1 heterocycles. The van der Waals surface area contributed by atoms with Crippen LogP contribution in [-0.4, -0.2) is 34.7 Å². The van der Waals surface area contributed by atoms with Gasteiger partial charge in [-0.1, -0.05) is 6.07 Å². The molecule has 1 amide bonds. The molecule has 0 bridgehead atoms. The van der Waals surface area contributed by atoms with Crippen molar-refractivity contribution in [2.75, 3.05) is 13.7 Å². The quantitative estimate of drug-likeness (QED) is 0.878. The first-order valence-corrected chi connectivity index (χ1v) is 6.25. The summed E-state index contributed by atoms with van der Waals surface area (Å²) in [5.74, 6) is 0.0313. The van der Waals surface area contributed by atoms with Crippen molar-refractivity contribution in [1.82, 2.24) is 15.1 Å². The fourth-order valence-electron chi connectivity index (χ4n) is 1.73. The predicted molar refractivity (Wildman–Crippen MR) is 71.6 cm³/mol. The van der Waals surface area contributed by atoms with Crippen molar-refractivity contribution >= 4 is 5.91 Å². The Morgan fingerprint density at radius 2 is 2.35 bits per heavy atom. The number of carbonyl (C=O) groups excluding carboxylic acids is 1. The molecular weight excluding hydrogens is 261 g/mol. The van der Waals surface area contributed by atoms with E-state index in [1.54, 1.807) is 36.5 Å². The van der Waals surface area contributed by atoms with Gasteiger partial charge in [-0.2, -0.15) is 5.10 Å². The first kappa shape index (κ1) is 14.0. The number of nitrogens with one attached hydrogen (secondary N) is 1. The molecule has 106 valence electrons. The Kier molecular flexibility index (Phi) is 4.70. The van der Waals surface area contributed by atoms with Gasteiger partial charge in [0.15, 0.2) is 0 Å². The zero-order valence-electron chi connectivity index (χ0n) is 11.2. The number of H-pyrrole nitrogens is 1. The van der Waals surface area contributed by atoms with Gasteiger partial charge in [-0.05, 0) is 12.1 Å². The number of benzene rings is 1. The number of aromatic amines is 1. The molecule has 0 spiro atoms. The van der Waals surface area contributed by atoms with Crippen molar-refractivity contribution in [2.45, 2.75) is 13.0 Å². The van der Waals surface area contributed by atoms with Gasteiger partial charge < -0.3 is 9.64 Å². The maximum Gasteiger partial charge on any atom is 0.226 e. The summed E-state index contributed by atoms with van der Waals surface area (Å²) in [5.41, 5.74) is 0.937. The zero-order chi connectivity index (χ0) is 14.4. The van der Waals surface area contributed by atoms with Gasteiger partial charge in [0.1, 0.15) is 11.6 Å². The summed E-state index contributed by atoms with van der Waals surface area (Å²) >= 11 is 0. The number of hydrogen-bond acceptors (Lipinski definition) is 3. The smallest absolute Gasteiger partial charge is 0.226 e. The van der Waals surface area contributed by atoms with Gasteiger partial charge in [0, 0.05) is 31.4 Å². The third-order valence-corrected chi connectivity index (χ3v) is 2.78. The van der Waals surface area contributed by atoms with E-state index < -0.39 is 0 Å². The average Bonchev–Trinajstić information content (AvgIpc) is 2.91. The minimum Gasteiger partial charge on any atom is -0.493 e. The first-order chi connectivity index (χ1) is 9.65. The summed E-state index contributed by atoms with van der Waals surface area (Å²) in [6, 6.07) is 5.86. The normalized spacial score (nSPS) is 10.3. The zero-order valence-corrected chi connectivity index (χ0v) is 11.2. The highest BCUT2D eigenvalue weighted by atomic mass is 19.1. The molecule has 6 heteroatoms. The molecule has 1 aromatic heterocycles. The van der Waals surface area contributed by atoms with Crippen LogP contribution in [0.15, 0.2) is 36.7 Å². The standard InChI is InChI=1S/C14H16FN3O2/c1-18(10-11-8-16-17-9-11)14(19)5-6-20-13-4-2-3-12(15)7-13/h2-4,7-9H,5-6,10H2,1H3,(H,16,17). The summed E-state index contributed by atoms with van der Waals surface area (Å²) in [7, 11) is 1.72. The summed E-state index contributed by atoms with van der Waals surface area (Å²) in [6.45, 7) is 0.716. The number of amides is 1. The summed E-state index contributed by atoms with van der Waals surface area (Å²) in [6.07, 6.45) is 3.66. The maximum atomic E-state index is 12.9. The minimum atomic E-state index is -0.356. The fourth-order valence-corrected chi connectivity index (χ4v) is 1.73. The van der Waals surface area contributed by atoms with E-state index in [0.717, 1.165) is 5.56 Å². The number of rotatable bonds is 6. The molecular formula is C14H16FN3O2. The van der Waals surface area contributed by atoms with E-state index in [-0.39, 0.29) is 24.8 Å². The second kappa shape index (κ2) is 6.70. The Morgan fingerprint density at radius 1 is 1.50 bits per heavy atom. The molecule has 0 aliphatic rings. The van der Waals surface area contributed by atoms with Crippen LogP contribution in [0.25, 0.3) is 0 Å². The second-order valence-electron chi connectivity index (χ2n) is 4.41. The van der Waals surface area contributed by atoms with Crippen LogP contribution in [-0.2, 0) is 11.3 Å². The van der Waals surface area contributed by atoms with E-state index in [1.165, 1.54) is 12.1 Å². The van der Waals surface area contributed by atoms with E-state index >= 15 is 0 Å². The molecule has 20 heavy (non-hydrogen) atoms. The van der Waals surface area contributed by atoms with Crippen molar-refractivity contribution < 1.29 is 13.9 Å². The van der Waals surface area contributed by atoms with Crippen LogP contribution in [0.5, 0.6) is 5.75 Å². The third-order valence-electron chi connectivity index (χ3n) is 2.78. The molecule has 0 radical (unpaired) electrons. The highest BCUT2D eigenvalue weighted by Crippen LogP contribution is 2.12. The third kappa shape index (κ3) is 4.08. The van der Waals surface area contributed by atoms with Crippen LogP contribution in [0.2, 0.25) is 0 Å². The molecule has 1 aromatic carbocycles. The van der Waals surface area contributed by atoms with Crippen molar-refractivity contribution in [3.05, 3.63) is 48.0 Å². The summed E-state index contributed by atoms with van der Waals surface area (Å²) in [4.78, 5) is 13.5. The van der Waals surface area contributed by atoms with E-state index in [0.29, 0.717) is 12.3 Å². The molecule has 2 aromatic rings. The monoisotopic (exact) mass is 277 g/mol. The van der Waals surface area contributed by atoms with Crippen molar-refractivity contribution in [3.8, 4) is 5.75 Å². The average molecular weight is 277 g/mol. The van der Waals surface area contributed by atoms with E-state index in [9.17, 15) is 9.18 Å². The molecule has 0 aliphatic carbocycles. The van der Waals surface area contributed by atoms with Crippen LogP contribution in [0.1, 0.15) is 12.0 Å². The van der Waals surface area contributed by atoms with E-state index in [1.807, 2.05) is 0 Å². The molecule has 0 unspecified atom stereocenters. The van der Waals surface area contributed by atoms with E-state index in [2.05, 4.69) is 10.2 Å². The molecule has 5 nitrogen and oxygen atoms in total. The Labute approximate surface area is 116 Å². The predicted octanol–water partition coefficient (Wildman–Crippen LogP) is 1.98. The number of ether oxygens (including phenoxy) is 1. The van der Waals surface area contributed by atoms with Crippen LogP contribution in [0.3, 0.4) is 0 Å². The number of hydrogen-bond donors (Lipinski definition) is 1. The van der Waals surface area contributed by atoms with Crippen LogP contribution < -0.4 is 4.74 Å². The van der Waals surface area contributed by atoms with Gasteiger partial charge in [-0.15, -0.1) is 0 Å².